The smallest absolute Gasteiger partial charge is 0.274 e. The third kappa shape index (κ3) is 5.18. The van der Waals surface area contributed by atoms with Gasteiger partial charge in [0.2, 0.25) is 0 Å². The zero-order valence-electron chi connectivity index (χ0n) is 15.1. The first-order valence-electron chi connectivity index (χ1n) is 8.40. The fraction of sp³-hybridized carbons (Fsp3) is 0.150. The molecule has 0 aliphatic carbocycles. The molecule has 1 aromatic heterocycles. The van der Waals surface area contributed by atoms with E-state index in [1.807, 2.05) is 67.5 Å². The third-order valence-electron chi connectivity index (χ3n) is 3.93. The van der Waals surface area contributed by atoms with Crippen LogP contribution in [0.3, 0.4) is 0 Å². The van der Waals surface area contributed by atoms with Gasteiger partial charge < -0.3 is 15.5 Å². The van der Waals surface area contributed by atoms with Gasteiger partial charge in [0.1, 0.15) is 17.8 Å². The monoisotopic (exact) mass is 381 g/mol. The summed E-state index contributed by atoms with van der Waals surface area (Å²) in [6.07, 6.45) is 1.37. The van der Waals surface area contributed by atoms with Crippen molar-refractivity contribution < 1.29 is 4.79 Å². The number of rotatable bonds is 6. The van der Waals surface area contributed by atoms with Crippen LogP contribution in [0, 0.1) is 0 Å². The van der Waals surface area contributed by atoms with Crippen LogP contribution in [0.15, 0.2) is 60.9 Å². The summed E-state index contributed by atoms with van der Waals surface area (Å²) in [6.45, 7) is 0.571. The maximum Gasteiger partial charge on any atom is 0.274 e. The zero-order valence-corrected chi connectivity index (χ0v) is 15.9. The van der Waals surface area contributed by atoms with E-state index < -0.39 is 0 Å². The summed E-state index contributed by atoms with van der Waals surface area (Å²) in [7, 11) is 3.93. The second kappa shape index (κ2) is 8.51. The fourth-order valence-electron chi connectivity index (χ4n) is 2.41. The van der Waals surface area contributed by atoms with Gasteiger partial charge in [-0.25, -0.2) is 9.97 Å². The van der Waals surface area contributed by atoms with Crippen molar-refractivity contribution in [2.75, 3.05) is 29.6 Å². The Morgan fingerprint density at radius 1 is 1.04 bits per heavy atom. The number of benzene rings is 2. The molecule has 7 heteroatoms. The average molecular weight is 382 g/mol. The van der Waals surface area contributed by atoms with Crippen LogP contribution in [-0.4, -0.2) is 30.0 Å². The van der Waals surface area contributed by atoms with E-state index in [-0.39, 0.29) is 5.91 Å². The molecule has 1 heterocycles. The normalized spacial score (nSPS) is 10.3. The molecule has 0 bridgehead atoms. The molecule has 0 fully saturated rings. The molecule has 0 radical (unpaired) electrons. The topological polar surface area (TPSA) is 70.2 Å². The summed E-state index contributed by atoms with van der Waals surface area (Å²) in [5.74, 6) is 0.289. The molecule has 138 valence electrons. The van der Waals surface area contributed by atoms with Gasteiger partial charge in [0, 0.05) is 43.1 Å². The molecule has 0 spiro atoms. The van der Waals surface area contributed by atoms with Gasteiger partial charge in [-0.1, -0.05) is 23.7 Å². The highest BCUT2D eigenvalue weighted by molar-refractivity contribution is 6.30. The summed E-state index contributed by atoms with van der Waals surface area (Å²) in [6, 6.07) is 16.7. The molecule has 0 saturated carbocycles. The Kier molecular flexibility index (Phi) is 5.88. The quantitative estimate of drug-likeness (QED) is 0.673. The molecule has 2 aromatic carbocycles. The SMILES string of the molecule is CN(C)c1ccc(NC(=O)c2cc(NCc3ccc(Cl)cc3)ncn2)cc1. The van der Waals surface area contributed by atoms with Gasteiger partial charge in [-0.05, 0) is 42.0 Å². The number of nitrogens with one attached hydrogen (secondary N) is 2. The predicted octanol–water partition coefficient (Wildman–Crippen LogP) is 4.06. The highest BCUT2D eigenvalue weighted by Crippen LogP contribution is 2.17. The first kappa shape index (κ1) is 18.7. The number of aromatic nitrogens is 2. The molecule has 0 unspecified atom stereocenters. The van der Waals surface area contributed by atoms with E-state index in [4.69, 9.17) is 11.6 Å². The van der Waals surface area contributed by atoms with Crippen molar-refractivity contribution >= 4 is 34.7 Å². The van der Waals surface area contributed by atoms with Gasteiger partial charge in [-0.3, -0.25) is 4.79 Å². The number of carbonyl (C=O) groups excluding carboxylic acids is 1. The number of anilines is 3. The minimum Gasteiger partial charge on any atom is -0.378 e. The van der Waals surface area contributed by atoms with E-state index in [1.54, 1.807) is 6.07 Å². The summed E-state index contributed by atoms with van der Waals surface area (Å²) < 4.78 is 0. The van der Waals surface area contributed by atoms with Crippen molar-refractivity contribution in [1.29, 1.82) is 0 Å². The van der Waals surface area contributed by atoms with Crippen LogP contribution in [0.5, 0.6) is 0 Å². The van der Waals surface area contributed by atoms with E-state index in [1.165, 1.54) is 6.33 Å². The van der Waals surface area contributed by atoms with Crippen molar-refractivity contribution in [3.8, 4) is 0 Å². The first-order chi connectivity index (χ1) is 13.0. The van der Waals surface area contributed by atoms with Crippen molar-refractivity contribution in [2.24, 2.45) is 0 Å². The Labute approximate surface area is 163 Å². The van der Waals surface area contributed by atoms with Crippen LogP contribution in [0.25, 0.3) is 0 Å². The Morgan fingerprint density at radius 3 is 2.41 bits per heavy atom. The molecule has 0 aliphatic rings. The minimum absolute atomic E-state index is 0.287. The minimum atomic E-state index is -0.287. The maximum absolute atomic E-state index is 12.4. The average Bonchev–Trinajstić information content (AvgIpc) is 2.68. The number of amides is 1. The molecule has 0 saturated heterocycles. The van der Waals surface area contributed by atoms with Crippen LogP contribution in [0.1, 0.15) is 16.1 Å². The standard InChI is InChI=1S/C20H20ClN5O/c1-26(2)17-9-7-16(8-10-17)25-20(27)18-11-19(24-13-23-18)22-12-14-3-5-15(21)6-4-14/h3-11,13H,12H2,1-2H3,(H,25,27)(H,22,23,24). The lowest BCUT2D eigenvalue weighted by Gasteiger charge is -2.13. The number of halogens is 1. The van der Waals surface area contributed by atoms with E-state index >= 15 is 0 Å². The second-order valence-electron chi connectivity index (χ2n) is 6.16. The Balaban J connectivity index is 1.63. The number of carbonyl (C=O) groups is 1. The van der Waals surface area contributed by atoms with Crippen LogP contribution in [-0.2, 0) is 6.54 Å². The van der Waals surface area contributed by atoms with E-state index in [2.05, 4.69) is 20.6 Å². The van der Waals surface area contributed by atoms with Crippen molar-refractivity contribution in [3.63, 3.8) is 0 Å². The van der Waals surface area contributed by atoms with Crippen LogP contribution < -0.4 is 15.5 Å². The molecule has 0 aliphatic heterocycles. The van der Waals surface area contributed by atoms with Crippen LogP contribution in [0.2, 0.25) is 5.02 Å². The molecule has 6 nitrogen and oxygen atoms in total. The Bertz CT molecular complexity index is 910. The lowest BCUT2D eigenvalue weighted by molar-refractivity contribution is 0.102. The largest absolute Gasteiger partial charge is 0.378 e. The lowest BCUT2D eigenvalue weighted by Crippen LogP contribution is -2.15. The van der Waals surface area contributed by atoms with Gasteiger partial charge in [0.15, 0.2) is 0 Å². The Morgan fingerprint density at radius 2 is 1.74 bits per heavy atom. The molecule has 3 rings (SSSR count). The maximum atomic E-state index is 12.4. The summed E-state index contributed by atoms with van der Waals surface area (Å²) in [5, 5.41) is 6.71. The molecule has 2 N–H and O–H groups in total. The predicted molar refractivity (Wildman–Crippen MR) is 110 cm³/mol. The van der Waals surface area contributed by atoms with Crippen molar-refractivity contribution in [2.45, 2.75) is 6.54 Å². The summed E-state index contributed by atoms with van der Waals surface area (Å²) >= 11 is 5.89. The van der Waals surface area contributed by atoms with Crippen molar-refractivity contribution in [3.05, 3.63) is 77.2 Å². The van der Waals surface area contributed by atoms with E-state index in [0.717, 1.165) is 11.3 Å². The number of nitrogens with zero attached hydrogens (tertiary/aromatic N) is 3. The van der Waals surface area contributed by atoms with Crippen LogP contribution >= 0.6 is 11.6 Å². The number of hydrogen-bond acceptors (Lipinski definition) is 5. The summed E-state index contributed by atoms with van der Waals surface area (Å²) in [4.78, 5) is 22.7. The Hall–Kier alpha value is -3.12. The third-order valence-corrected chi connectivity index (χ3v) is 4.18. The van der Waals surface area contributed by atoms with Gasteiger partial charge >= 0.3 is 0 Å². The summed E-state index contributed by atoms with van der Waals surface area (Å²) in [5.41, 5.74) is 3.12. The highest BCUT2D eigenvalue weighted by atomic mass is 35.5. The van der Waals surface area contributed by atoms with Gasteiger partial charge in [-0.2, -0.15) is 0 Å². The van der Waals surface area contributed by atoms with Gasteiger partial charge in [-0.15, -0.1) is 0 Å². The fourth-order valence-corrected chi connectivity index (χ4v) is 2.54. The molecule has 3 aromatic rings. The first-order valence-corrected chi connectivity index (χ1v) is 8.78. The van der Waals surface area contributed by atoms with E-state index in [9.17, 15) is 4.79 Å². The van der Waals surface area contributed by atoms with Crippen LogP contribution in [0.4, 0.5) is 17.2 Å². The lowest BCUT2D eigenvalue weighted by atomic mass is 10.2. The van der Waals surface area contributed by atoms with Gasteiger partial charge in [0.05, 0.1) is 0 Å². The molecule has 27 heavy (non-hydrogen) atoms. The number of hydrogen-bond donors (Lipinski definition) is 2. The molecule has 1 amide bonds. The van der Waals surface area contributed by atoms with Crippen molar-refractivity contribution in [1.82, 2.24) is 9.97 Å². The van der Waals surface area contributed by atoms with Gasteiger partial charge in [0.25, 0.3) is 5.91 Å². The second-order valence-corrected chi connectivity index (χ2v) is 6.60. The van der Waals surface area contributed by atoms with E-state index in [0.29, 0.717) is 28.8 Å². The highest BCUT2D eigenvalue weighted by Gasteiger charge is 2.09. The molecular formula is C20H20ClN5O. The zero-order chi connectivity index (χ0) is 19.2. The molecule has 0 atom stereocenters. The molecular weight excluding hydrogens is 362 g/mol.